The maximum absolute atomic E-state index is 12.1. The number of ether oxygens (including phenoxy) is 1. The van der Waals surface area contributed by atoms with Crippen molar-refractivity contribution in [1.29, 1.82) is 0 Å². The third kappa shape index (κ3) is 3.05. The van der Waals surface area contributed by atoms with Crippen molar-refractivity contribution >= 4 is 5.97 Å². The zero-order valence-corrected chi connectivity index (χ0v) is 13.7. The van der Waals surface area contributed by atoms with Gasteiger partial charge in [0.05, 0.1) is 12.0 Å². The zero-order chi connectivity index (χ0) is 15.6. The van der Waals surface area contributed by atoms with E-state index in [1.165, 1.54) is 18.4 Å². The Bertz CT molecular complexity index is 530. The highest BCUT2D eigenvalue weighted by atomic mass is 16.5. The van der Waals surface area contributed by atoms with Crippen LogP contribution in [0.15, 0.2) is 4.52 Å². The fraction of sp³-hybridized carbons (Fsp3) is 0.765. The first kappa shape index (κ1) is 15.5. The van der Waals surface area contributed by atoms with Crippen molar-refractivity contribution in [1.82, 2.24) is 10.1 Å². The quantitative estimate of drug-likeness (QED) is 0.801. The Kier molecular flexibility index (Phi) is 4.52. The number of carbonyl (C=O) groups is 1. The maximum atomic E-state index is 12.1. The van der Waals surface area contributed by atoms with Crippen molar-refractivity contribution in [3.8, 4) is 0 Å². The molecule has 1 aliphatic carbocycles. The van der Waals surface area contributed by atoms with Gasteiger partial charge in [-0.05, 0) is 59.0 Å². The van der Waals surface area contributed by atoms with E-state index in [1.807, 2.05) is 13.8 Å². The number of rotatable bonds is 4. The summed E-state index contributed by atoms with van der Waals surface area (Å²) in [6, 6.07) is 0. The van der Waals surface area contributed by atoms with E-state index >= 15 is 0 Å². The molecule has 1 aromatic heterocycles. The van der Waals surface area contributed by atoms with Crippen LogP contribution >= 0.6 is 0 Å². The summed E-state index contributed by atoms with van der Waals surface area (Å²) < 4.78 is 10.7. The van der Waals surface area contributed by atoms with E-state index in [2.05, 4.69) is 10.1 Å². The molecule has 0 radical (unpaired) electrons. The van der Waals surface area contributed by atoms with Gasteiger partial charge in [-0.15, -0.1) is 0 Å². The number of nitrogens with zero attached hydrogens (tertiary/aromatic N) is 2. The van der Waals surface area contributed by atoms with Gasteiger partial charge in [-0.3, -0.25) is 9.69 Å². The summed E-state index contributed by atoms with van der Waals surface area (Å²) in [6.07, 6.45) is 6.29. The molecule has 2 aliphatic rings. The SMILES string of the molecule is CCOC(=O)C1(C)CCN(Cc2noc3c2CCCC3)CC1. The van der Waals surface area contributed by atoms with Gasteiger partial charge in [-0.1, -0.05) is 5.16 Å². The average molecular weight is 306 g/mol. The summed E-state index contributed by atoms with van der Waals surface area (Å²) in [5.74, 6) is 1.04. The molecule has 22 heavy (non-hydrogen) atoms. The molecule has 3 rings (SSSR count). The molecule has 0 amide bonds. The molecule has 1 saturated heterocycles. The molecule has 0 aromatic carbocycles. The van der Waals surface area contributed by atoms with Crippen molar-refractivity contribution in [2.24, 2.45) is 5.41 Å². The third-order valence-corrected chi connectivity index (χ3v) is 5.13. The number of carbonyl (C=O) groups excluding carboxylic acids is 1. The molecule has 1 aromatic rings. The van der Waals surface area contributed by atoms with Crippen molar-refractivity contribution in [3.63, 3.8) is 0 Å². The standard InChI is InChI=1S/C17H26N2O3/c1-3-21-16(20)17(2)8-10-19(11-9-17)12-14-13-6-4-5-7-15(13)22-18-14/h3-12H2,1-2H3. The highest BCUT2D eigenvalue weighted by Gasteiger charge is 2.38. The minimum atomic E-state index is -0.324. The number of esters is 1. The molecule has 122 valence electrons. The van der Waals surface area contributed by atoms with Crippen LogP contribution in [0.1, 0.15) is 56.5 Å². The molecule has 0 bridgehead atoms. The van der Waals surface area contributed by atoms with Crippen LogP contribution in [0, 0.1) is 5.41 Å². The molecule has 2 heterocycles. The molecule has 5 heteroatoms. The van der Waals surface area contributed by atoms with Gasteiger partial charge in [0.2, 0.25) is 0 Å². The molecule has 0 spiro atoms. The number of piperidine rings is 1. The summed E-state index contributed by atoms with van der Waals surface area (Å²) in [6.45, 7) is 7.03. The smallest absolute Gasteiger partial charge is 0.311 e. The molecular formula is C17H26N2O3. The number of hydrogen-bond acceptors (Lipinski definition) is 5. The van der Waals surface area contributed by atoms with Crippen LogP contribution in [0.2, 0.25) is 0 Å². The van der Waals surface area contributed by atoms with Crippen LogP contribution in [0.4, 0.5) is 0 Å². The number of likely N-dealkylation sites (tertiary alicyclic amines) is 1. The Morgan fingerprint density at radius 3 is 2.77 bits per heavy atom. The maximum Gasteiger partial charge on any atom is 0.311 e. The molecule has 0 saturated carbocycles. The average Bonchev–Trinajstić information content (AvgIpc) is 2.93. The van der Waals surface area contributed by atoms with Gasteiger partial charge in [-0.25, -0.2) is 0 Å². The summed E-state index contributed by atoms with van der Waals surface area (Å²) in [5.41, 5.74) is 2.12. The lowest BCUT2D eigenvalue weighted by Gasteiger charge is -2.37. The second-order valence-electron chi connectivity index (χ2n) is 6.80. The Morgan fingerprint density at radius 2 is 2.05 bits per heavy atom. The van der Waals surface area contributed by atoms with Crippen LogP contribution in [0.3, 0.4) is 0 Å². The number of hydrogen-bond donors (Lipinski definition) is 0. The van der Waals surface area contributed by atoms with Crippen LogP contribution in [-0.2, 0) is 28.9 Å². The van der Waals surface area contributed by atoms with Gasteiger partial charge >= 0.3 is 5.97 Å². The third-order valence-electron chi connectivity index (χ3n) is 5.13. The molecule has 0 N–H and O–H groups in total. The van der Waals surface area contributed by atoms with Crippen molar-refractivity contribution in [2.45, 2.75) is 58.9 Å². The van der Waals surface area contributed by atoms with E-state index in [9.17, 15) is 4.79 Å². The van der Waals surface area contributed by atoms with Crippen molar-refractivity contribution in [2.75, 3.05) is 19.7 Å². The van der Waals surface area contributed by atoms with E-state index < -0.39 is 0 Å². The molecule has 1 aliphatic heterocycles. The summed E-state index contributed by atoms with van der Waals surface area (Å²) >= 11 is 0. The number of aryl methyl sites for hydroxylation is 1. The summed E-state index contributed by atoms with van der Waals surface area (Å²) in [7, 11) is 0. The van der Waals surface area contributed by atoms with Crippen LogP contribution < -0.4 is 0 Å². The molecule has 0 atom stereocenters. The van der Waals surface area contributed by atoms with Gasteiger partial charge in [-0.2, -0.15) is 0 Å². The minimum Gasteiger partial charge on any atom is -0.466 e. The largest absolute Gasteiger partial charge is 0.466 e. The second-order valence-corrected chi connectivity index (χ2v) is 6.80. The Balaban J connectivity index is 1.58. The minimum absolute atomic E-state index is 0.0477. The summed E-state index contributed by atoms with van der Waals surface area (Å²) in [4.78, 5) is 14.4. The van der Waals surface area contributed by atoms with Crippen molar-refractivity contribution < 1.29 is 14.1 Å². The van der Waals surface area contributed by atoms with E-state index in [-0.39, 0.29) is 11.4 Å². The second kappa shape index (κ2) is 6.41. The monoisotopic (exact) mass is 306 g/mol. The molecule has 1 fully saturated rings. The van der Waals surface area contributed by atoms with Gasteiger partial charge < -0.3 is 9.26 Å². The Labute approximate surface area is 132 Å². The predicted octanol–water partition coefficient (Wildman–Crippen LogP) is 2.72. The first-order valence-electron chi connectivity index (χ1n) is 8.48. The molecule has 0 unspecified atom stereocenters. The van der Waals surface area contributed by atoms with E-state index in [4.69, 9.17) is 9.26 Å². The highest BCUT2D eigenvalue weighted by Crippen LogP contribution is 2.33. The van der Waals surface area contributed by atoms with Gasteiger partial charge in [0.15, 0.2) is 0 Å². The van der Waals surface area contributed by atoms with Crippen LogP contribution in [0.5, 0.6) is 0 Å². The molecule has 5 nitrogen and oxygen atoms in total. The Morgan fingerprint density at radius 1 is 1.32 bits per heavy atom. The Hall–Kier alpha value is -1.36. The van der Waals surface area contributed by atoms with E-state index in [0.29, 0.717) is 6.61 Å². The lowest BCUT2D eigenvalue weighted by molar-refractivity contribution is -0.157. The fourth-order valence-electron chi connectivity index (χ4n) is 3.50. The first-order valence-corrected chi connectivity index (χ1v) is 8.48. The fourth-order valence-corrected chi connectivity index (χ4v) is 3.50. The first-order chi connectivity index (χ1) is 10.6. The number of fused-ring (bicyclic) bond motifs is 1. The summed E-state index contributed by atoms with van der Waals surface area (Å²) in [5, 5.41) is 4.28. The van der Waals surface area contributed by atoms with Gasteiger partial charge in [0, 0.05) is 18.5 Å². The zero-order valence-electron chi connectivity index (χ0n) is 13.7. The lowest BCUT2D eigenvalue weighted by Crippen LogP contribution is -2.43. The van der Waals surface area contributed by atoms with Crippen LogP contribution in [-0.4, -0.2) is 35.7 Å². The van der Waals surface area contributed by atoms with E-state index in [1.54, 1.807) is 0 Å². The number of aromatic nitrogens is 1. The topological polar surface area (TPSA) is 55.6 Å². The van der Waals surface area contributed by atoms with Gasteiger partial charge in [0.25, 0.3) is 0 Å². The van der Waals surface area contributed by atoms with Gasteiger partial charge in [0.1, 0.15) is 11.5 Å². The highest BCUT2D eigenvalue weighted by molar-refractivity contribution is 5.76. The molecular weight excluding hydrogens is 280 g/mol. The predicted molar refractivity (Wildman–Crippen MR) is 82.4 cm³/mol. The normalized spacial score (nSPS) is 21.4. The van der Waals surface area contributed by atoms with Crippen molar-refractivity contribution in [3.05, 3.63) is 17.0 Å². The van der Waals surface area contributed by atoms with E-state index in [0.717, 1.165) is 56.8 Å². The van der Waals surface area contributed by atoms with Crippen LogP contribution in [0.25, 0.3) is 0 Å². The lowest BCUT2D eigenvalue weighted by atomic mass is 9.80.